The molecule has 0 saturated carbocycles. The zero-order chi connectivity index (χ0) is 28.6. The number of aromatic nitrogens is 5. The SMILES string of the molecule is Cc1ccc(-c2ccc3c(c2)c2ccccc2n3-c2ccc(-c3ncc(C#N)cn3)cc2-c2ncc(C#N)cn2)cc1. The second-order valence-corrected chi connectivity index (χ2v) is 10.00. The molecule has 0 saturated heterocycles. The van der Waals surface area contributed by atoms with Gasteiger partial charge < -0.3 is 4.57 Å². The van der Waals surface area contributed by atoms with Crippen LogP contribution in [0.2, 0.25) is 0 Å². The minimum absolute atomic E-state index is 0.382. The van der Waals surface area contributed by atoms with Crippen LogP contribution in [0.3, 0.4) is 0 Å². The fraction of sp³-hybridized carbons (Fsp3) is 0.0286. The van der Waals surface area contributed by atoms with E-state index in [1.165, 1.54) is 30.4 Å². The van der Waals surface area contributed by atoms with Crippen LogP contribution in [0, 0.1) is 29.6 Å². The van der Waals surface area contributed by atoms with E-state index in [-0.39, 0.29) is 0 Å². The zero-order valence-electron chi connectivity index (χ0n) is 22.5. The van der Waals surface area contributed by atoms with Crippen LogP contribution in [-0.4, -0.2) is 24.5 Å². The Bertz CT molecular complexity index is 2200. The number of benzene rings is 4. The highest BCUT2D eigenvalue weighted by Crippen LogP contribution is 2.38. The van der Waals surface area contributed by atoms with Crippen molar-refractivity contribution in [2.24, 2.45) is 0 Å². The van der Waals surface area contributed by atoms with Crippen molar-refractivity contribution in [3.8, 4) is 51.7 Å². The quantitative estimate of drug-likeness (QED) is 0.231. The predicted molar refractivity (Wildman–Crippen MR) is 162 cm³/mol. The molecule has 7 nitrogen and oxygen atoms in total. The number of rotatable bonds is 4. The molecule has 0 unspecified atom stereocenters. The molecule has 0 N–H and O–H groups in total. The zero-order valence-corrected chi connectivity index (χ0v) is 22.5. The van der Waals surface area contributed by atoms with Crippen LogP contribution in [0.25, 0.3) is 61.4 Å². The van der Waals surface area contributed by atoms with Gasteiger partial charge in [0.15, 0.2) is 11.6 Å². The van der Waals surface area contributed by atoms with Gasteiger partial charge in [-0.15, -0.1) is 0 Å². The Hall–Kier alpha value is -6.18. The van der Waals surface area contributed by atoms with Crippen LogP contribution in [0.1, 0.15) is 16.7 Å². The van der Waals surface area contributed by atoms with Gasteiger partial charge in [0.05, 0.1) is 27.8 Å². The maximum atomic E-state index is 9.32. The van der Waals surface area contributed by atoms with Gasteiger partial charge in [0.2, 0.25) is 0 Å². The van der Waals surface area contributed by atoms with E-state index in [4.69, 9.17) is 0 Å². The van der Waals surface area contributed by atoms with E-state index in [0.29, 0.717) is 22.8 Å². The molecule has 0 atom stereocenters. The van der Waals surface area contributed by atoms with Crippen molar-refractivity contribution in [1.82, 2.24) is 24.5 Å². The third kappa shape index (κ3) is 4.23. The molecule has 0 aliphatic carbocycles. The lowest BCUT2D eigenvalue weighted by molar-refractivity contribution is 1.12. The molecule has 3 heterocycles. The summed E-state index contributed by atoms with van der Waals surface area (Å²) in [7, 11) is 0. The molecule has 0 fully saturated rings. The molecule has 7 rings (SSSR count). The summed E-state index contributed by atoms with van der Waals surface area (Å²) in [6.07, 6.45) is 6.06. The van der Waals surface area contributed by atoms with Crippen molar-refractivity contribution in [3.05, 3.63) is 126 Å². The average Bonchev–Trinajstić information content (AvgIpc) is 3.38. The Labute approximate surface area is 241 Å². The Morgan fingerprint density at radius 3 is 1.86 bits per heavy atom. The minimum atomic E-state index is 0.382. The minimum Gasteiger partial charge on any atom is -0.309 e. The topological polar surface area (TPSA) is 104 Å². The van der Waals surface area contributed by atoms with Gasteiger partial charge in [0.25, 0.3) is 0 Å². The molecule has 0 aliphatic heterocycles. The molecule has 0 amide bonds. The van der Waals surface area contributed by atoms with Crippen molar-refractivity contribution >= 4 is 21.8 Å². The van der Waals surface area contributed by atoms with Gasteiger partial charge in [0, 0.05) is 46.7 Å². The second kappa shape index (κ2) is 10.1. The Morgan fingerprint density at radius 1 is 0.571 bits per heavy atom. The van der Waals surface area contributed by atoms with E-state index in [2.05, 4.69) is 104 Å². The van der Waals surface area contributed by atoms with Gasteiger partial charge in [-0.25, -0.2) is 19.9 Å². The highest BCUT2D eigenvalue weighted by molar-refractivity contribution is 6.11. The van der Waals surface area contributed by atoms with Crippen molar-refractivity contribution in [1.29, 1.82) is 10.5 Å². The normalized spacial score (nSPS) is 10.9. The van der Waals surface area contributed by atoms with Crippen molar-refractivity contribution in [2.45, 2.75) is 6.92 Å². The molecular formula is C35H21N7. The first-order valence-corrected chi connectivity index (χ1v) is 13.3. The maximum Gasteiger partial charge on any atom is 0.161 e. The molecule has 0 spiro atoms. The summed E-state index contributed by atoms with van der Waals surface area (Å²) in [5, 5.41) is 20.8. The fourth-order valence-electron chi connectivity index (χ4n) is 5.27. The van der Waals surface area contributed by atoms with Gasteiger partial charge in [-0.2, -0.15) is 10.5 Å². The summed E-state index contributed by atoms with van der Waals surface area (Å²) in [6.45, 7) is 2.09. The molecular weight excluding hydrogens is 518 g/mol. The third-order valence-corrected chi connectivity index (χ3v) is 7.36. The highest BCUT2D eigenvalue weighted by atomic mass is 15.0. The van der Waals surface area contributed by atoms with E-state index >= 15 is 0 Å². The second-order valence-electron chi connectivity index (χ2n) is 10.00. The standard InChI is InChI=1S/C35H21N7/c1-22-6-8-25(9-7-22)26-10-12-32-29(14-26)28-4-2-3-5-31(28)42(32)33-13-11-27(34-38-18-23(16-36)19-39-34)15-30(33)35-40-20-24(17-37)21-41-35/h2-15,18-21H,1H3. The van der Waals surface area contributed by atoms with E-state index in [1.807, 2.05) is 24.3 Å². The molecule has 196 valence electrons. The third-order valence-electron chi connectivity index (χ3n) is 7.36. The summed E-state index contributed by atoms with van der Waals surface area (Å²) in [5.74, 6) is 0.960. The summed E-state index contributed by atoms with van der Waals surface area (Å²) in [5.41, 5.74) is 8.80. The summed E-state index contributed by atoms with van der Waals surface area (Å²) < 4.78 is 2.23. The summed E-state index contributed by atoms with van der Waals surface area (Å²) in [4.78, 5) is 17.9. The molecule has 7 heteroatoms. The molecule has 0 bridgehead atoms. The van der Waals surface area contributed by atoms with Crippen LogP contribution < -0.4 is 0 Å². The number of hydrogen-bond donors (Lipinski definition) is 0. The molecule has 42 heavy (non-hydrogen) atoms. The van der Waals surface area contributed by atoms with Crippen LogP contribution in [-0.2, 0) is 0 Å². The smallest absolute Gasteiger partial charge is 0.161 e. The van der Waals surface area contributed by atoms with E-state index in [0.717, 1.165) is 49.7 Å². The first kappa shape index (κ1) is 24.8. The first-order valence-electron chi connectivity index (χ1n) is 13.3. The van der Waals surface area contributed by atoms with E-state index in [9.17, 15) is 10.5 Å². The van der Waals surface area contributed by atoms with E-state index < -0.39 is 0 Å². The predicted octanol–water partition coefficient (Wildman–Crippen LogP) is 7.42. The van der Waals surface area contributed by atoms with Crippen LogP contribution in [0.15, 0.2) is 110 Å². The molecule has 0 radical (unpaired) electrons. The monoisotopic (exact) mass is 539 g/mol. The number of aryl methyl sites for hydroxylation is 1. The van der Waals surface area contributed by atoms with Gasteiger partial charge in [0.1, 0.15) is 12.1 Å². The van der Waals surface area contributed by atoms with Crippen LogP contribution in [0.5, 0.6) is 0 Å². The van der Waals surface area contributed by atoms with Crippen LogP contribution in [0.4, 0.5) is 0 Å². The van der Waals surface area contributed by atoms with Gasteiger partial charge in [-0.1, -0.05) is 54.1 Å². The Balaban J connectivity index is 1.48. The number of para-hydroxylation sites is 1. The van der Waals surface area contributed by atoms with Gasteiger partial charge in [-0.3, -0.25) is 0 Å². The molecule has 0 aliphatic rings. The lowest BCUT2D eigenvalue weighted by atomic mass is 10.0. The van der Waals surface area contributed by atoms with Crippen molar-refractivity contribution in [3.63, 3.8) is 0 Å². The summed E-state index contributed by atoms with van der Waals surface area (Å²) in [6, 6.07) is 33.6. The molecule has 4 aromatic carbocycles. The average molecular weight is 540 g/mol. The lowest BCUT2D eigenvalue weighted by Crippen LogP contribution is -2.01. The van der Waals surface area contributed by atoms with Crippen molar-refractivity contribution in [2.75, 3.05) is 0 Å². The number of hydrogen-bond acceptors (Lipinski definition) is 6. The maximum absolute atomic E-state index is 9.32. The fourth-order valence-corrected chi connectivity index (χ4v) is 5.27. The van der Waals surface area contributed by atoms with Crippen LogP contribution >= 0.6 is 0 Å². The largest absolute Gasteiger partial charge is 0.309 e. The molecule has 7 aromatic rings. The number of nitriles is 2. The van der Waals surface area contributed by atoms with E-state index in [1.54, 1.807) is 0 Å². The summed E-state index contributed by atoms with van der Waals surface area (Å²) >= 11 is 0. The number of nitrogens with zero attached hydrogens (tertiary/aromatic N) is 7. The first-order chi connectivity index (χ1) is 20.6. The highest BCUT2D eigenvalue weighted by Gasteiger charge is 2.19. The van der Waals surface area contributed by atoms with Crippen molar-refractivity contribution < 1.29 is 0 Å². The van der Waals surface area contributed by atoms with Gasteiger partial charge >= 0.3 is 0 Å². The molecule has 3 aromatic heterocycles. The Kier molecular flexibility index (Phi) is 5.97. The lowest BCUT2D eigenvalue weighted by Gasteiger charge is -2.15. The Morgan fingerprint density at radius 2 is 1.17 bits per heavy atom. The number of fused-ring (bicyclic) bond motifs is 3. The van der Waals surface area contributed by atoms with Gasteiger partial charge in [-0.05, 0) is 54.4 Å².